The molecule has 1 aromatic carbocycles. The molecule has 2 aliphatic carbocycles. The molecule has 6 heteroatoms. The lowest BCUT2D eigenvalue weighted by molar-refractivity contribution is -0.153. The third-order valence-electron chi connectivity index (χ3n) is 6.19. The molecule has 31 heavy (non-hydrogen) atoms. The molecule has 0 spiro atoms. The van der Waals surface area contributed by atoms with E-state index in [4.69, 9.17) is 4.74 Å². The van der Waals surface area contributed by atoms with Gasteiger partial charge in [-0.1, -0.05) is 68.9 Å². The van der Waals surface area contributed by atoms with Crippen LogP contribution in [0.3, 0.4) is 0 Å². The van der Waals surface area contributed by atoms with Crippen LogP contribution in [0, 0.1) is 0 Å². The van der Waals surface area contributed by atoms with E-state index in [2.05, 4.69) is 5.32 Å². The molecule has 1 aromatic rings. The van der Waals surface area contributed by atoms with Gasteiger partial charge < -0.3 is 15.0 Å². The summed E-state index contributed by atoms with van der Waals surface area (Å²) in [5, 5.41) is 2.53. The Kier molecular flexibility index (Phi) is 8.68. The Morgan fingerprint density at radius 3 is 2.00 bits per heavy atom. The number of esters is 1. The van der Waals surface area contributed by atoms with Gasteiger partial charge in [-0.3, -0.25) is 9.59 Å². The fraction of sp³-hybridized carbons (Fsp3) is 0.560. The van der Waals surface area contributed by atoms with Crippen LogP contribution in [-0.4, -0.2) is 41.4 Å². The molecule has 0 bridgehead atoms. The summed E-state index contributed by atoms with van der Waals surface area (Å²) in [4.78, 5) is 39.5. The zero-order valence-corrected chi connectivity index (χ0v) is 18.5. The SMILES string of the molecule is CC(=O)N/C(=C\c1ccccc1)C(=O)OCC(=O)N(C1CCCCC1)C1CCCCC1. The quantitative estimate of drug-likeness (QED) is 0.524. The largest absolute Gasteiger partial charge is 0.451 e. The van der Waals surface area contributed by atoms with E-state index in [9.17, 15) is 14.4 Å². The molecule has 0 heterocycles. The van der Waals surface area contributed by atoms with Crippen molar-refractivity contribution >= 4 is 23.9 Å². The van der Waals surface area contributed by atoms with Gasteiger partial charge in [0.15, 0.2) is 6.61 Å². The maximum absolute atomic E-state index is 13.2. The van der Waals surface area contributed by atoms with Gasteiger partial charge in [-0.15, -0.1) is 0 Å². The van der Waals surface area contributed by atoms with Crippen molar-refractivity contribution in [2.24, 2.45) is 0 Å². The molecule has 6 nitrogen and oxygen atoms in total. The summed E-state index contributed by atoms with van der Waals surface area (Å²) in [5.74, 6) is -1.18. The highest BCUT2D eigenvalue weighted by atomic mass is 16.5. The average Bonchev–Trinajstić information content (AvgIpc) is 2.79. The average molecular weight is 427 g/mol. The zero-order valence-electron chi connectivity index (χ0n) is 18.5. The van der Waals surface area contributed by atoms with E-state index in [0.717, 1.165) is 56.9 Å². The molecule has 0 saturated heterocycles. The molecule has 0 aromatic heterocycles. The summed E-state index contributed by atoms with van der Waals surface area (Å²) in [6.07, 6.45) is 12.7. The van der Waals surface area contributed by atoms with Gasteiger partial charge in [0.25, 0.3) is 5.91 Å². The van der Waals surface area contributed by atoms with Crippen molar-refractivity contribution in [2.45, 2.75) is 83.2 Å². The molecule has 0 radical (unpaired) electrons. The van der Waals surface area contributed by atoms with Gasteiger partial charge in [0.05, 0.1) is 0 Å². The van der Waals surface area contributed by atoms with Crippen LogP contribution in [-0.2, 0) is 19.1 Å². The first-order valence-corrected chi connectivity index (χ1v) is 11.6. The third-order valence-corrected chi connectivity index (χ3v) is 6.19. The summed E-state index contributed by atoms with van der Waals surface area (Å²) in [7, 11) is 0. The first kappa shape index (κ1) is 23.0. The maximum atomic E-state index is 13.2. The second-order valence-electron chi connectivity index (χ2n) is 8.61. The molecule has 168 valence electrons. The lowest BCUT2D eigenvalue weighted by Gasteiger charge is -2.41. The van der Waals surface area contributed by atoms with Gasteiger partial charge in [0.2, 0.25) is 5.91 Å². The molecule has 0 unspecified atom stereocenters. The molecular formula is C25H34N2O4. The number of carbonyl (C=O) groups excluding carboxylic acids is 3. The van der Waals surface area contributed by atoms with Gasteiger partial charge in [-0.2, -0.15) is 0 Å². The van der Waals surface area contributed by atoms with Crippen molar-refractivity contribution in [1.29, 1.82) is 0 Å². The Morgan fingerprint density at radius 2 is 1.48 bits per heavy atom. The van der Waals surface area contributed by atoms with Gasteiger partial charge >= 0.3 is 5.97 Å². The van der Waals surface area contributed by atoms with Gasteiger partial charge in [-0.05, 0) is 37.3 Å². The number of hydrogen-bond acceptors (Lipinski definition) is 4. The maximum Gasteiger partial charge on any atom is 0.355 e. The van der Waals surface area contributed by atoms with E-state index in [-0.39, 0.29) is 36.2 Å². The van der Waals surface area contributed by atoms with Crippen LogP contribution in [0.25, 0.3) is 6.08 Å². The molecule has 3 rings (SSSR count). The van der Waals surface area contributed by atoms with Crippen LogP contribution in [0.4, 0.5) is 0 Å². The molecule has 2 fully saturated rings. The number of nitrogens with zero attached hydrogens (tertiary/aromatic N) is 1. The van der Waals surface area contributed by atoms with E-state index in [1.54, 1.807) is 6.08 Å². The van der Waals surface area contributed by atoms with Crippen molar-refractivity contribution in [3.8, 4) is 0 Å². The molecular weight excluding hydrogens is 392 g/mol. The highest BCUT2D eigenvalue weighted by Gasteiger charge is 2.33. The van der Waals surface area contributed by atoms with Crippen LogP contribution in [0.15, 0.2) is 36.0 Å². The zero-order chi connectivity index (χ0) is 22.1. The normalized spacial score (nSPS) is 18.3. The predicted molar refractivity (Wildman–Crippen MR) is 120 cm³/mol. The molecule has 0 aliphatic heterocycles. The smallest absolute Gasteiger partial charge is 0.355 e. The van der Waals surface area contributed by atoms with E-state index >= 15 is 0 Å². The monoisotopic (exact) mass is 426 g/mol. The van der Waals surface area contributed by atoms with Crippen LogP contribution >= 0.6 is 0 Å². The minimum absolute atomic E-state index is 0.0355. The number of carbonyl (C=O) groups is 3. The first-order chi connectivity index (χ1) is 15.0. The van der Waals surface area contributed by atoms with Crippen molar-refractivity contribution < 1.29 is 19.1 Å². The highest BCUT2D eigenvalue weighted by molar-refractivity contribution is 5.98. The fourth-order valence-corrected chi connectivity index (χ4v) is 4.76. The minimum atomic E-state index is -0.695. The Labute approximate surface area is 185 Å². The molecule has 2 aliphatic rings. The highest BCUT2D eigenvalue weighted by Crippen LogP contribution is 2.30. The van der Waals surface area contributed by atoms with Crippen LogP contribution in [0.1, 0.15) is 76.7 Å². The summed E-state index contributed by atoms with van der Waals surface area (Å²) in [6, 6.07) is 9.71. The standard InChI is InChI=1S/C25H34N2O4/c1-19(28)26-23(17-20-11-5-2-6-12-20)25(30)31-18-24(29)27(21-13-7-3-8-14-21)22-15-9-4-10-16-22/h2,5-6,11-12,17,21-22H,3-4,7-10,13-16,18H2,1H3,(H,26,28)/b23-17-. The lowest BCUT2D eigenvalue weighted by atomic mass is 9.88. The Morgan fingerprint density at radius 1 is 0.935 bits per heavy atom. The van der Waals surface area contributed by atoms with E-state index in [1.807, 2.05) is 35.2 Å². The van der Waals surface area contributed by atoms with E-state index < -0.39 is 5.97 Å². The van der Waals surface area contributed by atoms with E-state index in [1.165, 1.54) is 19.8 Å². The number of hydrogen-bond donors (Lipinski definition) is 1. The lowest BCUT2D eigenvalue weighted by Crippen LogP contribution is -2.50. The van der Waals surface area contributed by atoms with Crippen molar-refractivity contribution in [2.75, 3.05) is 6.61 Å². The molecule has 2 saturated carbocycles. The van der Waals surface area contributed by atoms with Crippen LogP contribution in [0.5, 0.6) is 0 Å². The number of nitrogens with one attached hydrogen (secondary N) is 1. The van der Waals surface area contributed by atoms with Crippen LogP contribution in [0.2, 0.25) is 0 Å². The number of rotatable bonds is 7. The summed E-state index contributed by atoms with van der Waals surface area (Å²) in [5.41, 5.74) is 0.800. The molecule has 2 amide bonds. The Hall–Kier alpha value is -2.63. The van der Waals surface area contributed by atoms with Gasteiger partial charge in [0, 0.05) is 19.0 Å². The molecule has 0 atom stereocenters. The predicted octanol–water partition coefficient (Wildman–Crippen LogP) is 4.20. The summed E-state index contributed by atoms with van der Waals surface area (Å²) in [6.45, 7) is 1.04. The first-order valence-electron chi connectivity index (χ1n) is 11.6. The molecule has 1 N–H and O–H groups in total. The van der Waals surface area contributed by atoms with Gasteiger partial charge in [-0.25, -0.2) is 4.79 Å². The topological polar surface area (TPSA) is 75.7 Å². The van der Waals surface area contributed by atoms with Crippen molar-refractivity contribution in [3.63, 3.8) is 0 Å². The Balaban J connectivity index is 1.68. The summed E-state index contributed by atoms with van der Waals surface area (Å²) >= 11 is 0. The van der Waals surface area contributed by atoms with E-state index in [0.29, 0.717) is 0 Å². The number of amides is 2. The van der Waals surface area contributed by atoms with Gasteiger partial charge in [0.1, 0.15) is 5.70 Å². The second kappa shape index (κ2) is 11.7. The number of benzene rings is 1. The van der Waals surface area contributed by atoms with Crippen LogP contribution < -0.4 is 5.32 Å². The summed E-state index contributed by atoms with van der Waals surface area (Å²) < 4.78 is 5.39. The Bertz CT molecular complexity index is 760. The minimum Gasteiger partial charge on any atom is -0.451 e. The van der Waals surface area contributed by atoms with Crippen molar-refractivity contribution in [3.05, 3.63) is 41.6 Å². The third kappa shape index (κ3) is 6.94. The fourth-order valence-electron chi connectivity index (χ4n) is 4.76. The van der Waals surface area contributed by atoms with Crippen molar-refractivity contribution in [1.82, 2.24) is 10.2 Å². The second-order valence-corrected chi connectivity index (χ2v) is 8.61. The number of ether oxygens (including phenoxy) is 1.